The number of nitrogens with two attached hydrogens (primary N) is 1. The Hall–Kier alpha value is -1.50. The Morgan fingerprint density at radius 2 is 2.00 bits per heavy atom. The lowest BCUT2D eigenvalue weighted by molar-refractivity contribution is 1.10. The predicted molar refractivity (Wildman–Crippen MR) is 72.1 cm³/mol. The SMILES string of the molecule is C/C=C(N)\C(=C\c1cccc(C)c1C)CC. The number of allylic oxidation sites excluding steroid dienone is 2. The Kier molecular flexibility index (Phi) is 4.36. The second-order valence-electron chi connectivity index (χ2n) is 4.06. The second kappa shape index (κ2) is 5.55. The molecule has 0 aromatic heterocycles. The maximum absolute atomic E-state index is 5.96. The summed E-state index contributed by atoms with van der Waals surface area (Å²) in [5.74, 6) is 0. The monoisotopic (exact) mass is 215 g/mol. The number of aryl methyl sites for hydroxylation is 1. The molecule has 1 aromatic carbocycles. The lowest BCUT2D eigenvalue weighted by Crippen LogP contribution is -2.00. The smallest absolute Gasteiger partial charge is 0.0303 e. The van der Waals surface area contributed by atoms with Crippen molar-refractivity contribution in [2.24, 2.45) is 5.73 Å². The molecule has 0 saturated carbocycles. The van der Waals surface area contributed by atoms with Crippen LogP contribution in [0, 0.1) is 13.8 Å². The molecule has 1 aromatic rings. The van der Waals surface area contributed by atoms with Gasteiger partial charge in [-0.1, -0.05) is 31.2 Å². The van der Waals surface area contributed by atoms with Gasteiger partial charge in [0, 0.05) is 5.70 Å². The molecule has 86 valence electrons. The van der Waals surface area contributed by atoms with Crippen LogP contribution in [0.1, 0.15) is 37.0 Å². The van der Waals surface area contributed by atoms with E-state index in [0.717, 1.165) is 12.1 Å². The summed E-state index contributed by atoms with van der Waals surface area (Å²) < 4.78 is 0. The van der Waals surface area contributed by atoms with Crippen LogP contribution in [-0.2, 0) is 0 Å². The fourth-order valence-electron chi connectivity index (χ4n) is 1.69. The third-order valence-electron chi connectivity index (χ3n) is 3.04. The average Bonchev–Trinajstić information content (AvgIpc) is 2.30. The van der Waals surface area contributed by atoms with Crippen molar-refractivity contribution in [1.82, 2.24) is 0 Å². The Balaban J connectivity index is 3.19. The zero-order chi connectivity index (χ0) is 12.1. The number of rotatable bonds is 3. The summed E-state index contributed by atoms with van der Waals surface area (Å²) in [6, 6.07) is 6.37. The quantitative estimate of drug-likeness (QED) is 0.759. The number of hydrogen-bond donors (Lipinski definition) is 1. The van der Waals surface area contributed by atoms with Gasteiger partial charge in [-0.2, -0.15) is 0 Å². The van der Waals surface area contributed by atoms with Gasteiger partial charge in [0.05, 0.1) is 0 Å². The molecular weight excluding hydrogens is 194 g/mol. The molecule has 0 radical (unpaired) electrons. The molecule has 0 fully saturated rings. The standard InChI is InChI=1S/C15H21N/c1-5-13(15(16)6-2)10-14-9-7-8-11(3)12(14)4/h6-10H,5,16H2,1-4H3/b13-10+,15-6+. The summed E-state index contributed by atoms with van der Waals surface area (Å²) >= 11 is 0. The van der Waals surface area contributed by atoms with E-state index >= 15 is 0 Å². The van der Waals surface area contributed by atoms with E-state index in [1.807, 2.05) is 13.0 Å². The summed E-state index contributed by atoms with van der Waals surface area (Å²) in [6.45, 7) is 8.40. The Bertz CT molecular complexity index is 425. The maximum Gasteiger partial charge on any atom is 0.0303 e. The van der Waals surface area contributed by atoms with Crippen molar-refractivity contribution in [3.8, 4) is 0 Å². The van der Waals surface area contributed by atoms with Crippen LogP contribution in [0.4, 0.5) is 0 Å². The van der Waals surface area contributed by atoms with Crippen molar-refractivity contribution in [3.05, 3.63) is 52.2 Å². The van der Waals surface area contributed by atoms with Crippen molar-refractivity contribution >= 4 is 6.08 Å². The number of benzene rings is 1. The molecule has 0 aliphatic carbocycles. The van der Waals surface area contributed by atoms with E-state index in [9.17, 15) is 0 Å². The molecule has 0 heterocycles. The van der Waals surface area contributed by atoms with Crippen LogP contribution in [0.3, 0.4) is 0 Å². The van der Waals surface area contributed by atoms with Crippen LogP contribution in [0.15, 0.2) is 35.5 Å². The van der Waals surface area contributed by atoms with E-state index in [1.54, 1.807) is 0 Å². The van der Waals surface area contributed by atoms with Gasteiger partial charge in [0.2, 0.25) is 0 Å². The van der Waals surface area contributed by atoms with Crippen LogP contribution in [0.25, 0.3) is 6.08 Å². The van der Waals surface area contributed by atoms with Gasteiger partial charge in [-0.3, -0.25) is 0 Å². The van der Waals surface area contributed by atoms with Crippen LogP contribution in [0.5, 0.6) is 0 Å². The lowest BCUT2D eigenvalue weighted by Gasteiger charge is -2.08. The van der Waals surface area contributed by atoms with Gasteiger partial charge in [0.25, 0.3) is 0 Å². The average molecular weight is 215 g/mol. The van der Waals surface area contributed by atoms with Crippen LogP contribution >= 0.6 is 0 Å². The highest BCUT2D eigenvalue weighted by Gasteiger charge is 2.01. The maximum atomic E-state index is 5.96. The zero-order valence-electron chi connectivity index (χ0n) is 10.7. The Morgan fingerprint density at radius 1 is 1.31 bits per heavy atom. The summed E-state index contributed by atoms with van der Waals surface area (Å²) in [6.07, 6.45) is 5.11. The van der Waals surface area contributed by atoms with Gasteiger partial charge in [-0.25, -0.2) is 0 Å². The normalized spacial score (nSPS) is 13.0. The fraction of sp³-hybridized carbons (Fsp3) is 0.333. The van der Waals surface area contributed by atoms with Gasteiger partial charge in [-0.15, -0.1) is 0 Å². The molecule has 1 heteroatoms. The second-order valence-corrected chi connectivity index (χ2v) is 4.06. The van der Waals surface area contributed by atoms with Crippen molar-refractivity contribution < 1.29 is 0 Å². The van der Waals surface area contributed by atoms with E-state index < -0.39 is 0 Å². The summed E-state index contributed by atoms with van der Waals surface area (Å²) in [5.41, 5.74) is 12.0. The minimum Gasteiger partial charge on any atom is -0.399 e. The highest BCUT2D eigenvalue weighted by atomic mass is 14.6. The first-order valence-corrected chi connectivity index (χ1v) is 5.79. The third-order valence-corrected chi connectivity index (χ3v) is 3.04. The van der Waals surface area contributed by atoms with Crippen molar-refractivity contribution in [1.29, 1.82) is 0 Å². The summed E-state index contributed by atoms with van der Waals surface area (Å²) in [5, 5.41) is 0. The van der Waals surface area contributed by atoms with E-state index in [0.29, 0.717) is 0 Å². The van der Waals surface area contributed by atoms with E-state index in [-0.39, 0.29) is 0 Å². The third kappa shape index (κ3) is 2.75. The van der Waals surface area contributed by atoms with Crippen molar-refractivity contribution in [2.45, 2.75) is 34.1 Å². The molecule has 0 atom stereocenters. The summed E-state index contributed by atoms with van der Waals surface area (Å²) in [7, 11) is 0. The minimum atomic E-state index is 0.878. The van der Waals surface area contributed by atoms with E-state index in [2.05, 4.69) is 45.0 Å². The highest BCUT2D eigenvalue weighted by molar-refractivity contribution is 5.61. The lowest BCUT2D eigenvalue weighted by atomic mass is 9.99. The molecule has 0 spiro atoms. The van der Waals surface area contributed by atoms with Crippen LogP contribution < -0.4 is 5.73 Å². The van der Waals surface area contributed by atoms with Crippen molar-refractivity contribution in [3.63, 3.8) is 0 Å². The molecule has 16 heavy (non-hydrogen) atoms. The van der Waals surface area contributed by atoms with Gasteiger partial charge in [-0.05, 0) is 55.5 Å². The van der Waals surface area contributed by atoms with Gasteiger partial charge < -0.3 is 5.73 Å². The first kappa shape index (κ1) is 12.6. The number of hydrogen-bond acceptors (Lipinski definition) is 1. The highest BCUT2D eigenvalue weighted by Crippen LogP contribution is 2.19. The fourth-order valence-corrected chi connectivity index (χ4v) is 1.69. The molecular formula is C15H21N. The van der Waals surface area contributed by atoms with Gasteiger partial charge >= 0.3 is 0 Å². The largest absolute Gasteiger partial charge is 0.399 e. The van der Waals surface area contributed by atoms with E-state index in [4.69, 9.17) is 5.73 Å². The van der Waals surface area contributed by atoms with Crippen LogP contribution in [-0.4, -0.2) is 0 Å². The van der Waals surface area contributed by atoms with Crippen LogP contribution in [0.2, 0.25) is 0 Å². The molecule has 0 aliphatic heterocycles. The molecule has 1 rings (SSSR count). The van der Waals surface area contributed by atoms with E-state index in [1.165, 1.54) is 22.3 Å². The Labute approximate surface area is 98.7 Å². The first-order chi connectivity index (χ1) is 7.60. The van der Waals surface area contributed by atoms with Crippen molar-refractivity contribution in [2.75, 3.05) is 0 Å². The zero-order valence-corrected chi connectivity index (χ0v) is 10.7. The minimum absolute atomic E-state index is 0.878. The van der Waals surface area contributed by atoms with Gasteiger partial charge in [0.15, 0.2) is 0 Å². The molecule has 0 aliphatic rings. The van der Waals surface area contributed by atoms with Gasteiger partial charge in [0.1, 0.15) is 0 Å². The molecule has 0 saturated heterocycles. The molecule has 1 nitrogen and oxygen atoms in total. The molecule has 0 amide bonds. The molecule has 0 bridgehead atoms. The topological polar surface area (TPSA) is 26.0 Å². The predicted octanol–water partition coefficient (Wildman–Crippen LogP) is 3.96. The molecule has 0 unspecified atom stereocenters. The molecule has 2 N–H and O–H groups in total. The summed E-state index contributed by atoms with van der Waals surface area (Å²) in [4.78, 5) is 0. The Morgan fingerprint density at radius 3 is 2.56 bits per heavy atom. The first-order valence-electron chi connectivity index (χ1n) is 5.79.